The van der Waals surface area contributed by atoms with Crippen LogP contribution in [-0.2, 0) is 6.42 Å². The molecule has 0 radical (unpaired) electrons. The van der Waals surface area contributed by atoms with Gasteiger partial charge in [0.05, 0.1) is 0 Å². The van der Waals surface area contributed by atoms with Gasteiger partial charge >= 0.3 is 0 Å². The largest absolute Gasteiger partial charge is 0.508 e. The molecule has 1 N–H and O–H groups in total. The molecule has 0 saturated heterocycles. The van der Waals surface area contributed by atoms with E-state index >= 15 is 0 Å². The molecule has 2 heteroatoms. The van der Waals surface area contributed by atoms with Crippen LogP contribution in [0, 0.1) is 0 Å². The number of unbranched alkanes of at least 4 members (excludes halogenated alkanes) is 3. The molecule has 1 aromatic carbocycles. The number of phenolic OH excluding ortho intramolecular Hbond substituents is 1. The van der Waals surface area contributed by atoms with Gasteiger partial charge in [-0.2, -0.15) is 0 Å². The van der Waals surface area contributed by atoms with E-state index in [-0.39, 0.29) is 0 Å². The third-order valence-electron chi connectivity index (χ3n) is 3.14. The number of ether oxygens (including phenoxy) is 1. The third kappa shape index (κ3) is 3.02. The van der Waals surface area contributed by atoms with Crippen molar-refractivity contribution in [3.8, 4) is 11.5 Å². The summed E-state index contributed by atoms with van der Waals surface area (Å²) in [7, 11) is 0. The van der Waals surface area contributed by atoms with Gasteiger partial charge in [-0.3, -0.25) is 0 Å². The van der Waals surface area contributed by atoms with Crippen LogP contribution >= 0.6 is 0 Å². The second-order valence-electron chi connectivity index (χ2n) is 4.54. The average molecular weight is 232 g/mol. The molecule has 0 unspecified atom stereocenters. The highest BCUT2D eigenvalue weighted by Gasteiger charge is 2.10. The summed E-state index contributed by atoms with van der Waals surface area (Å²) in [5, 5.41) is 9.92. The third-order valence-corrected chi connectivity index (χ3v) is 3.14. The van der Waals surface area contributed by atoms with E-state index in [1.54, 1.807) is 6.07 Å². The lowest BCUT2D eigenvalue weighted by Gasteiger charge is -2.15. The standard InChI is InChI=1S/C15H20O2/c1-2-3-4-5-7-12-10-13-8-6-9-17-15(13)11-14(12)16/h6,8,10-11,16H,2-5,7,9H2,1H3. The van der Waals surface area contributed by atoms with Crippen LogP contribution in [-0.4, -0.2) is 11.7 Å². The second-order valence-corrected chi connectivity index (χ2v) is 4.54. The first-order valence-corrected chi connectivity index (χ1v) is 6.46. The molecule has 1 heterocycles. The Morgan fingerprint density at radius 1 is 1.24 bits per heavy atom. The lowest BCUT2D eigenvalue weighted by molar-refractivity contribution is 0.354. The van der Waals surface area contributed by atoms with Crippen molar-refractivity contribution >= 4 is 6.08 Å². The Kier molecular flexibility index (Phi) is 4.08. The molecule has 0 atom stereocenters. The molecule has 2 rings (SSSR count). The minimum Gasteiger partial charge on any atom is -0.508 e. The summed E-state index contributed by atoms with van der Waals surface area (Å²) in [4.78, 5) is 0. The number of benzene rings is 1. The summed E-state index contributed by atoms with van der Waals surface area (Å²) in [5.74, 6) is 1.16. The van der Waals surface area contributed by atoms with E-state index in [4.69, 9.17) is 4.74 Å². The molecule has 1 aromatic rings. The monoisotopic (exact) mass is 232 g/mol. The molecule has 17 heavy (non-hydrogen) atoms. The molecule has 0 amide bonds. The van der Waals surface area contributed by atoms with Gasteiger partial charge in [0, 0.05) is 11.6 Å². The number of hydrogen-bond acceptors (Lipinski definition) is 2. The van der Waals surface area contributed by atoms with Crippen LogP contribution in [0.15, 0.2) is 18.2 Å². The van der Waals surface area contributed by atoms with Crippen LogP contribution in [0.25, 0.3) is 6.08 Å². The highest BCUT2D eigenvalue weighted by atomic mass is 16.5. The molecule has 0 spiro atoms. The van der Waals surface area contributed by atoms with E-state index in [0.29, 0.717) is 12.4 Å². The Bertz CT molecular complexity index is 408. The van der Waals surface area contributed by atoms with Crippen LogP contribution in [0.5, 0.6) is 11.5 Å². The number of aryl methyl sites for hydroxylation is 1. The van der Waals surface area contributed by atoms with E-state index < -0.39 is 0 Å². The fraction of sp³-hybridized carbons (Fsp3) is 0.467. The zero-order chi connectivity index (χ0) is 12.1. The molecule has 0 aliphatic carbocycles. The van der Waals surface area contributed by atoms with Crippen molar-refractivity contribution in [2.45, 2.75) is 39.0 Å². The first-order valence-electron chi connectivity index (χ1n) is 6.46. The Balaban J connectivity index is 2.05. The van der Waals surface area contributed by atoms with Gasteiger partial charge in [-0.15, -0.1) is 0 Å². The van der Waals surface area contributed by atoms with Gasteiger partial charge in [0.1, 0.15) is 18.1 Å². The molecule has 1 aliphatic rings. The quantitative estimate of drug-likeness (QED) is 0.780. The van der Waals surface area contributed by atoms with Crippen LogP contribution in [0.4, 0.5) is 0 Å². The van der Waals surface area contributed by atoms with Gasteiger partial charge < -0.3 is 9.84 Å². The maximum Gasteiger partial charge on any atom is 0.130 e. The Hall–Kier alpha value is -1.44. The molecule has 0 bridgehead atoms. The van der Waals surface area contributed by atoms with Crippen molar-refractivity contribution < 1.29 is 9.84 Å². The van der Waals surface area contributed by atoms with Gasteiger partial charge in [0.25, 0.3) is 0 Å². The maximum absolute atomic E-state index is 9.92. The fourth-order valence-electron chi connectivity index (χ4n) is 2.14. The van der Waals surface area contributed by atoms with E-state index in [0.717, 1.165) is 29.7 Å². The highest BCUT2D eigenvalue weighted by molar-refractivity contribution is 5.62. The van der Waals surface area contributed by atoms with Gasteiger partial charge in [0.2, 0.25) is 0 Å². The van der Waals surface area contributed by atoms with Crippen molar-refractivity contribution in [1.29, 1.82) is 0 Å². The van der Waals surface area contributed by atoms with Crippen molar-refractivity contribution in [3.63, 3.8) is 0 Å². The van der Waals surface area contributed by atoms with Crippen LogP contribution in [0.3, 0.4) is 0 Å². The second kappa shape index (κ2) is 5.76. The molecule has 92 valence electrons. The summed E-state index contributed by atoms with van der Waals surface area (Å²) in [6.45, 7) is 2.81. The fourth-order valence-corrected chi connectivity index (χ4v) is 2.14. The number of aromatic hydroxyl groups is 1. The van der Waals surface area contributed by atoms with Crippen molar-refractivity contribution in [3.05, 3.63) is 29.3 Å². The van der Waals surface area contributed by atoms with Crippen molar-refractivity contribution in [1.82, 2.24) is 0 Å². The summed E-state index contributed by atoms with van der Waals surface area (Å²) >= 11 is 0. The smallest absolute Gasteiger partial charge is 0.130 e. The van der Waals surface area contributed by atoms with E-state index in [2.05, 4.69) is 13.0 Å². The molecular weight excluding hydrogens is 212 g/mol. The lowest BCUT2D eigenvalue weighted by Crippen LogP contribution is -2.01. The number of rotatable bonds is 5. The number of fused-ring (bicyclic) bond motifs is 1. The van der Waals surface area contributed by atoms with Crippen LogP contribution in [0.1, 0.15) is 43.7 Å². The van der Waals surface area contributed by atoms with E-state index in [1.165, 1.54) is 19.3 Å². The summed E-state index contributed by atoms with van der Waals surface area (Å²) in [5.41, 5.74) is 2.12. The first kappa shape index (κ1) is 12.0. The topological polar surface area (TPSA) is 29.5 Å². The van der Waals surface area contributed by atoms with Gasteiger partial charge in [-0.05, 0) is 30.5 Å². The summed E-state index contributed by atoms with van der Waals surface area (Å²) < 4.78 is 5.46. The summed E-state index contributed by atoms with van der Waals surface area (Å²) in [6, 6.07) is 3.79. The van der Waals surface area contributed by atoms with Crippen LogP contribution < -0.4 is 4.74 Å². The molecule has 2 nitrogen and oxygen atoms in total. The molecule has 0 saturated carbocycles. The van der Waals surface area contributed by atoms with Gasteiger partial charge in [0.15, 0.2) is 0 Å². The van der Waals surface area contributed by atoms with Crippen molar-refractivity contribution in [2.75, 3.05) is 6.61 Å². The van der Waals surface area contributed by atoms with Crippen LogP contribution in [0.2, 0.25) is 0 Å². The molecular formula is C15H20O2. The zero-order valence-corrected chi connectivity index (χ0v) is 10.4. The van der Waals surface area contributed by atoms with E-state index in [1.807, 2.05) is 12.1 Å². The Labute approximate surface area is 103 Å². The zero-order valence-electron chi connectivity index (χ0n) is 10.4. The van der Waals surface area contributed by atoms with Gasteiger partial charge in [-0.25, -0.2) is 0 Å². The average Bonchev–Trinajstić information content (AvgIpc) is 2.35. The predicted octanol–water partition coefficient (Wildman–Crippen LogP) is 3.92. The Morgan fingerprint density at radius 2 is 2.12 bits per heavy atom. The van der Waals surface area contributed by atoms with Gasteiger partial charge in [-0.1, -0.05) is 32.3 Å². The first-order chi connectivity index (χ1) is 8.31. The lowest BCUT2D eigenvalue weighted by atomic mass is 10.0. The SMILES string of the molecule is CCCCCCc1cc2c(cc1O)OCC=C2. The number of phenols is 1. The highest BCUT2D eigenvalue weighted by Crippen LogP contribution is 2.32. The normalized spacial score (nSPS) is 13.2. The van der Waals surface area contributed by atoms with Crippen molar-refractivity contribution in [2.24, 2.45) is 0 Å². The predicted molar refractivity (Wildman–Crippen MR) is 70.5 cm³/mol. The Morgan fingerprint density at radius 3 is 2.94 bits per heavy atom. The maximum atomic E-state index is 9.92. The van der Waals surface area contributed by atoms with E-state index in [9.17, 15) is 5.11 Å². The molecule has 0 aromatic heterocycles. The molecule has 1 aliphatic heterocycles. The minimum atomic E-state index is 0.371. The number of hydrogen-bond donors (Lipinski definition) is 1. The molecule has 0 fully saturated rings. The minimum absolute atomic E-state index is 0.371. The summed E-state index contributed by atoms with van der Waals surface area (Å²) in [6.07, 6.45) is 9.91.